The van der Waals surface area contributed by atoms with E-state index >= 15 is 0 Å². The van der Waals surface area contributed by atoms with E-state index in [1.165, 1.54) is 16.2 Å². The summed E-state index contributed by atoms with van der Waals surface area (Å²) in [5.41, 5.74) is 6.44. The summed E-state index contributed by atoms with van der Waals surface area (Å²) in [6.45, 7) is 0.832. The second-order valence-electron chi connectivity index (χ2n) is 4.38. The Kier molecular flexibility index (Phi) is 3.09. The summed E-state index contributed by atoms with van der Waals surface area (Å²) in [5.74, 6) is 0.0819. The third-order valence-electron chi connectivity index (χ3n) is 3.28. The van der Waals surface area contributed by atoms with Crippen molar-refractivity contribution in [3.63, 3.8) is 0 Å². The van der Waals surface area contributed by atoms with Gasteiger partial charge >= 0.3 is 0 Å². The van der Waals surface area contributed by atoms with Crippen LogP contribution in [-0.4, -0.2) is 17.4 Å². The van der Waals surface area contributed by atoms with Gasteiger partial charge in [-0.2, -0.15) is 0 Å². The van der Waals surface area contributed by atoms with E-state index in [1.54, 1.807) is 17.4 Å². The molecule has 3 rings (SSSR count). The number of likely N-dealkylation sites (tertiary alicyclic amines) is 1. The molecule has 0 aromatic carbocycles. The number of nitrogens with two attached hydrogens (primary N) is 1. The second kappa shape index (κ2) is 4.74. The highest BCUT2D eigenvalue weighted by Gasteiger charge is 2.32. The van der Waals surface area contributed by atoms with Gasteiger partial charge in [-0.1, -0.05) is 6.07 Å². The van der Waals surface area contributed by atoms with Gasteiger partial charge in [-0.05, 0) is 35.7 Å². The first-order valence-electron chi connectivity index (χ1n) is 5.94. The lowest BCUT2D eigenvalue weighted by Gasteiger charge is -2.23. The van der Waals surface area contributed by atoms with Crippen molar-refractivity contribution in [2.45, 2.75) is 18.9 Å². The number of thiophene rings is 2. The van der Waals surface area contributed by atoms with Crippen molar-refractivity contribution < 1.29 is 4.79 Å². The number of rotatable bonds is 2. The molecule has 0 spiro atoms. The molecule has 5 heteroatoms. The maximum absolute atomic E-state index is 12.5. The van der Waals surface area contributed by atoms with Crippen LogP contribution < -0.4 is 5.73 Å². The minimum atomic E-state index is 0.0819. The van der Waals surface area contributed by atoms with E-state index in [1.807, 2.05) is 16.3 Å². The lowest BCUT2D eigenvalue weighted by atomic mass is 10.2. The summed E-state index contributed by atoms with van der Waals surface area (Å²) in [6, 6.07) is 6.19. The van der Waals surface area contributed by atoms with Gasteiger partial charge in [-0.25, -0.2) is 0 Å². The van der Waals surface area contributed by atoms with Crippen molar-refractivity contribution in [1.29, 1.82) is 0 Å². The minimum Gasteiger partial charge on any atom is -0.397 e. The van der Waals surface area contributed by atoms with E-state index < -0.39 is 0 Å². The topological polar surface area (TPSA) is 46.3 Å². The molecular formula is C13H14N2OS2. The Morgan fingerprint density at radius 3 is 2.89 bits per heavy atom. The largest absolute Gasteiger partial charge is 0.397 e. The Hall–Kier alpha value is -1.33. The van der Waals surface area contributed by atoms with Crippen LogP contribution in [0.15, 0.2) is 29.0 Å². The summed E-state index contributed by atoms with van der Waals surface area (Å²) < 4.78 is 0. The van der Waals surface area contributed by atoms with Crippen molar-refractivity contribution >= 4 is 34.3 Å². The fourth-order valence-corrected chi connectivity index (χ4v) is 4.06. The predicted octanol–water partition coefficient (Wildman–Crippen LogP) is 3.37. The first kappa shape index (κ1) is 11.7. The maximum atomic E-state index is 12.5. The smallest absolute Gasteiger partial charge is 0.266 e. The van der Waals surface area contributed by atoms with Crippen molar-refractivity contribution in [2.24, 2.45) is 0 Å². The lowest BCUT2D eigenvalue weighted by molar-refractivity contribution is 0.0744. The highest BCUT2D eigenvalue weighted by Crippen LogP contribution is 2.36. The van der Waals surface area contributed by atoms with Crippen LogP contribution in [0, 0.1) is 0 Å². The van der Waals surface area contributed by atoms with Gasteiger partial charge in [-0.3, -0.25) is 4.79 Å². The van der Waals surface area contributed by atoms with Crippen LogP contribution >= 0.6 is 22.7 Å². The molecule has 94 valence electrons. The van der Waals surface area contributed by atoms with Gasteiger partial charge < -0.3 is 10.6 Å². The molecule has 3 heterocycles. The molecule has 0 bridgehead atoms. The summed E-state index contributed by atoms with van der Waals surface area (Å²) in [7, 11) is 0. The van der Waals surface area contributed by atoms with Crippen LogP contribution in [0.4, 0.5) is 5.69 Å². The Balaban J connectivity index is 1.88. The average molecular weight is 278 g/mol. The summed E-state index contributed by atoms with van der Waals surface area (Å²) >= 11 is 3.15. The van der Waals surface area contributed by atoms with E-state index in [2.05, 4.69) is 11.4 Å². The Morgan fingerprint density at radius 1 is 1.33 bits per heavy atom. The summed E-state index contributed by atoms with van der Waals surface area (Å²) in [4.78, 5) is 16.4. The monoisotopic (exact) mass is 278 g/mol. The first-order chi connectivity index (χ1) is 8.77. The molecule has 2 N–H and O–H groups in total. The molecule has 0 radical (unpaired) electrons. The molecule has 1 amide bonds. The minimum absolute atomic E-state index is 0.0819. The predicted molar refractivity (Wildman–Crippen MR) is 76.1 cm³/mol. The summed E-state index contributed by atoms with van der Waals surface area (Å²) in [5, 5.41) is 3.94. The molecule has 2 aromatic heterocycles. The molecule has 0 saturated carbocycles. The van der Waals surface area contributed by atoms with Crippen molar-refractivity contribution in [1.82, 2.24) is 4.90 Å². The van der Waals surface area contributed by atoms with E-state index in [0.717, 1.165) is 19.4 Å². The maximum Gasteiger partial charge on any atom is 0.266 e. The third kappa shape index (κ3) is 1.93. The number of amides is 1. The van der Waals surface area contributed by atoms with Gasteiger partial charge in [0.05, 0.1) is 11.7 Å². The molecule has 18 heavy (non-hydrogen) atoms. The standard InChI is InChI=1S/C13H14N2OS2/c14-9-5-8-18-12(9)13(16)15-6-1-3-10(15)11-4-2-7-17-11/h2,4-5,7-8,10H,1,3,6,14H2. The molecule has 0 aliphatic carbocycles. The summed E-state index contributed by atoms with van der Waals surface area (Å²) in [6.07, 6.45) is 2.12. The molecule has 1 unspecified atom stereocenters. The van der Waals surface area contributed by atoms with Crippen molar-refractivity contribution in [3.05, 3.63) is 38.7 Å². The van der Waals surface area contributed by atoms with Crippen LogP contribution in [0.25, 0.3) is 0 Å². The molecule has 1 aliphatic heterocycles. The van der Waals surface area contributed by atoms with E-state index in [-0.39, 0.29) is 11.9 Å². The molecule has 2 aromatic rings. The Morgan fingerprint density at radius 2 is 2.22 bits per heavy atom. The van der Waals surface area contributed by atoms with Gasteiger partial charge in [0.1, 0.15) is 4.88 Å². The number of carbonyl (C=O) groups excluding carboxylic acids is 1. The first-order valence-corrected chi connectivity index (χ1v) is 7.70. The van der Waals surface area contributed by atoms with Gasteiger partial charge in [0.15, 0.2) is 0 Å². The lowest BCUT2D eigenvalue weighted by Crippen LogP contribution is -2.30. The highest BCUT2D eigenvalue weighted by molar-refractivity contribution is 7.12. The number of carbonyl (C=O) groups is 1. The van der Waals surface area contributed by atoms with Gasteiger partial charge in [0.2, 0.25) is 0 Å². The van der Waals surface area contributed by atoms with Gasteiger partial charge in [0, 0.05) is 11.4 Å². The number of anilines is 1. The molecule has 1 aliphatic rings. The van der Waals surface area contributed by atoms with Crippen LogP contribution in [0.5, 0.6) is 0 Å². The molecule has 3 nitrogen and oxygen atoms in total. The fourth-order valence-electron chi connectivity index (χ4n) is 2.41. The second-order valence-corrected chi connectivity index (χ2v) is 6.27. The van der Waals surface area contributed by atoms with Crippen LogP contribution in [0.2, 0.25) is 0 Å². The van der Waals surface area contributed by atoms with E-state index in [0.29, 0.717) is 10.6 Å². The number of nitrogen functional groups attached to an aromatic ring is 1. The number of hydrogen-bond acceptors (Lipinski definition) is 4. The third-order valence-corrected chi connectivity index (χ3v) is 5.17. The molecular weight excluding hydrogens is 264 g/mol. The van der Waals surface area contributed by atoms with E-state index in [9.17, 15) is 4.79 Å². The molecule has 1 saturated heterocycles. The SMILES string of the molecule is Nc1ccsc1C(=O)N1CCCC1c1cccs1. The van der Waals surface area contributed by atoms with Gasteiger partial charge in [0.25, 0.3) is 5.91 Å². The number of nitrogens with zero attached hydrogens (tertiary/aromatic N) is 1. The van der Waals surface area contributed by atoms with E-state index in [4.69, 9.17) is 5.73 Å². The zero-order chi connectivity index (χ0) is 12.5. The fraction of sp³-hybridized carbons (Fsp3) is 0.308. The van der Waals surface area contributed by atoms with Crippen LogP contribution in [0.3, 0.4) is 0 Å². The zero-order valence-electron chi connectivity index (χ0n) is 9.83. The quantitative estimate of drug-likeness (QED) is 0.915. The zero-order valence-corrected chi connectivity index (χ0v) is 11.5. The molecule has 1 fully saturated rings. The molecule has 1 atom stereocenters. The van der Waals surface area contributed by atoms with Crippen molar-refractivity contribution in [3.8, 4) is 0 Å². The Labute approximate surface area is 114 Å². The Bertz CT molecular complexity index is 547. The van der Waals surface area contributed by atoms with Gasteiger partial charge in [-0.15, -0.1) is 22.7 Å². The van der Waals surface area contributed by atoms with Crippen LogP contribution in [0.1, 0.15) is 33.4 Å². The number of hydrogen-bond donors (Lipinski definition) is 1. The highest BCUT2D eigenvalue weighted by atomic mass is 32.1. The average Bonchev–Trinajstić information content (AvgIpc) is 3.09. The normalized spacial score (nSPS) is 19.3. The van der Waals surface area contributed by atoms with Crippen molar-refractivity contribution in [2.75, 3.05) is 12.3 Å². The van der Waals surface area contributed by atoms with Crippen LogP contribution in [-0.2, 0) is 0 Å².